The van der Waals surface area contributed by atoms with Gasteiger partial charge >= 0.3 is 35.8 Å². The van der Waals surface area contributed by atoms with Crippen molar-refractivity contribution in [1.29, 1.82) is 0 Å². The first-order valence-electron chi connectivity index (χ1n) is 21.1. The standard InChI is InChI=1S/C51H59FO13/c1-10-11-12-13-14-15-37-16-22-43(44(52)26-37)39-19-23-42(40(27-39)28-61-47(55)33(2)3)38-17-20-41(21-18-38)62-29-51(32-65-48(56)34(4)5,30-63-45(53)24-35(6)49(57)59-8)31-64-46(54)25-36(7)50(58)60-9/h16-23,26-27H,2,4,6-7,10-15,24-25,28-32H2,1,3,5,8-9H3. The molecule has 0 heterocycles. The van der Waals surface area contributed by atoms with Gasteiger partial charge in [0.05, 0.1) is 27.1 Å². The molecule has 0 aliphatic rings. The molecule has 0 saturated heterocycles. The molecule has 65 heavy (non-hydrogen) atoms. The Balaban J connectivity index is 1.95. The minimum absolute atomic E-state index is 0.0569. The van der Waals surface area contributed by atoms with E-state index in [0.29, 0.717) is 33.6 Å². The van der Waals surface area contributed by atoms with E-state index >= 15 is 4.39 Å². The Labute approximate surface area is 380 Å². The van der Waals surface area contributed by atoms with E-state index in [1.54, 1.807) is 48.5 Å². The fraction of sp³-hybridized carbons (Fsp3) is 0.373. The van der Waals surface area contributed by atoms with E-state index < -0.39 is 73.9 Å². The number of rotatable bonds is 27. The molecule has 0 bridgehead atoms. The average molecular weight is 899 g/mol. The van der Waals surface area contributed by atoms with Crippen molar-refractivity contribution in [3.05, 3.63) is 126 Å². The summed E-state index contributed by atoms with van der Waals surface area (Å²) in [7, 11) is 2.25. The third-order valence-corrected chi connectivity index (χ3v) is 10.0. The fourth-order valence-corrected chi connectivity index (χ4v) is 6.22. The predicted molar refractivity (Wildman–Crippen MR) is 242 cm³/mol. The average Bonchev–Trinajstić information content (AvgIpc) is 3.29. The van der Waals surface area contributed by atoms with Gasteiger partial charge in [0.15, 0.2) is 0 Å². The van der Waals surface area contributed by atoms with Gasteiger partial charge in [0.2, 0.25) is 0 Å². The highest BCUT2D eigenvalue weighted by Gasteiger charge is 2.38. The van der Waals surface area contributed by atoms with Crippen LogP contribution in [0.4, 0.5) is 4.39 Å². The van der Waals surface area contributed by atoms with Crippen molar-refractivity contribution < 1.29 is 66.3 Å². The number of halogens is 1. The highest BCUT2D eigenvalue weighted by Crippen LogP contribution is 2.33. The normalized spacial score (nSPS) is 10.8. The summed E-state index contributed by atoms with van der Waals surface area (Å²) < 4.78 is 53.0. The topological polar surface area (TPSA) is 167 Å². The van der Waals surface area contributed by atoms with Gasteiger partial charge in [-0.3, -0.25) is 9.59 Å². The van der Waals surface area contributed by atoms with Gasteiger partial charge in [-0.25, -0.2) is 23.6 Å². The third-order valence-electron chi connectivity index (χ3n) is 10.0. The minimum atomic E-state index is -1.56. The quantitative estimate of drug-likeness (QED) is 0.0308. The first-order chi connectivity index (χ1) is 30.9. The summed E-state index contributed by atoms with van der Waals surface area (Å²) in [5, 5.41) is 0. The lowest BCUT2D eigenvalue weighted by Crippen LogP contribution is -2.44. The lowest BCUT2D eigenvalue weighted by Gasteiger charge is -2.32. The fourth-order valence-electron chi connectivity index (χ4n) is 6.22. The van der Waals surface area contributed by atoms with E-state index in [-0.39, 0.29) is 41.3 Å². The lowest BCUT2D eigenvalue weighted by molar-refractivity contribution is -0.163. The zero-order chi connectivity index (χ0) is 48.1. The maximum Gasteiger partial charge on any atom is 0.333 e. The number of carbonyl (C=O) groups is 6. The van der Waals surface area contributed by atoms with E-state index in [0.717, 1.165) is 51.9 Å². The Bertz CT molecular complexity index is 2190. The van der Waals surface area contributed by atoms with Crippen LogP contribution < -0.4 is 4.74 Å². The lowest BCUT2D eigenvalue weighted by atomic mass is 9.92. The summed E-state index contributed by atoms with van der Waals surface area (Å²) in [4.78, 5) is 74.6. The van der Waals surface area contributed by atoms with Gasteiger partial charge in [-0.1, -0.05) is 95.3 Å². The van der Waals surface area contributed by atoms with Crippen LogP contribution in [-0.4, -0.2) is 76.5 Å². The number of benzene rings is 3. The van der Waals surface area contributed by atoms with Crippen molar-refractivity contribution in [2.45, 2.75) is 78.7 Å². The maximum atomic E-state index is 15.6. The van der Waals surface area contributed by atoms with E-state index in [1.165, 1.54) is 20.3 Å². The molecule has 0 saturated carbocycles. The van der Waals surface area contributed by atoms with E-state index in [1.807, 2.05) is 12.1 Å². The molecule has 0 radical (unpaired) electrons. The Morgan fingerprint density at radius 2 is 1.11 bits per heavy atom. The molecule has 13 nitrogen and oxygen atoms in total. The molecule has 3 rings (SSSR count). The van der Waals surface area contributed by atoms with Crippen molar-refractivity contribution in [1.82, 2.24) is 0 Å². The smallest absolute Gasteiger partial charge is 0.333 e. The number of hydrogen-bond donors (Lipinski definition) is 0. The number of hydrogen-bond acceptors (Lipinski definition) is 13. The molecule has 0 aromatic heterocycles. The summed E-state index contributed by atoms with van der Waals surface area (Å²) in [6, 6.07) is 17.4. The number of unbranched alkanes of at least 4 members (excludes halogenated alkanes) is 4. The second kappa shape index (κ2) is 26.1. The van der Waals surface area contributed by atoms with Crippen molar-refractivity contribution in [3.8, 4) is 28.0 Å². The van der Waals surface area contributed by atoms with E-state index in [2.05, 4.69) is 42.7 Å². The molecule has 14 heteroatoms. The summed E-state index contributed by atoms with van der Waals surface area (Å²) >= 11 is 0. The molecule has 0 N–H and O–H groups in total. The molecule has 0 amide bonds. The van der Waals surface area contributed by atoms with E-state index in [9.17, 15) is 28.8 Å². The number of ether oxygens (including phenoxy) is 7. The van der Waals surface area contributed by atoms with Gasteiger partial charge in [-0.2, -0.15) is 0 Å². The zero-order valence-electron chi connectivity index (χ0n) is 38.0. The van der Waals surface area contributed by atoms with Gasteiger partial charge in [0.1, 0.15) is 50.0 Å². The van der Waals surface area contributed by atoms with Crippen LogP contribution >= 0.6 is 0 Å². The Morgan fingerprint density at radius 3 is 1.65 bits per heavy atom. The summed E-state index contributed by atoms with van der Waals surface area (Å²) in [5.41, 5.74) is 2.22. The second-order valence-electron chi connectivity index (χ2n) is 15.7. The second-order valence-corrected chi connectivity index (χ2v) is 15.7. The molecule has 0 atom stereocenters. The van der Waals surface area contributed by atoms with Crippen LogP contribution in [0.1, 0.15) is 76.8 Å². The summed E-state index contributed by atoms with van der Waals surface area (Å²) in [6.07, 6.45) is 5.28. The van der Waals surface area contributed by atoms with Crippen LogP contribution in [0, 0.1) is 11.2 Å². The molecular weight excluding hydrogens is 840 g/mol. The first kappa shape index (κ1) is 52.5. The monoisotopic (exact) mass is 898 g/mol. The Kier molecular flexibility index (Phi) is 21.1. The number of aryl methyl sites for hydroxylation is 1. The molecule has 3 aromatic carbocycles. The predicted octanol–water partition coefficient (Wildman–Crippen LogP) is 9.10. The van der Waals surface area contributed by atoms with E-state index in [4.69, 9.17) is 23.7 Å². The molecule has 0 aliphatic carbocycles. The zero-order valence-corrected chi connectivity index (χ0v) is 38.0. The Hall–Kier alpha value is -6.83. The van der Waals surface area contributed by atoms with Crippen LogP contribution in [0.2, 0.25) is 0 Å². The van der Waals surface area contributed by atoms with Gasteiger partial charge in [0.25, 0.3) is 0 Å². The minimum Gasteiger partial charge on any atom is -0.493 e. The maximum absolute atomic E-state index is 15.6. The molecule has 3 aromatic rings. The molecule has 0 unspecified atom stereocenters. The van der Waals surface area contributed by atoms with Crippen molar-refractivity contribution >= 4 is 35.8 Å². The summed E-state index contributed by atoms with van der Waals surface area (Å²) in [5.74, 6) is -4.89. The van der Waals surface area contributed by atoms with Gasteiger partial charge < -0.3 is 33.2 Å². The third kappa shape index (κ3) is 17.0. The van der Waals surface area contributed by atoms with Crippen molar-refractivity contribution in [2.24, 2.45) is 5.41 Å². The SMILES string of the molecule is C=C(C)C(=O)OCc1cc(-c2ccc(CCCCCCC)cc2F)ccc1-c1ccc(OCC(COC(=O)CC(=C)C(=O)OC)(COC(=O)CC(=C)C(=O)OC)COC(=O)C(=C)C)cc1. The van der Waals surface area contributed by atoms with Crippen LogP contribution in [-0.2, 0) is 70.2 Å². The van der Waals surface area contributed by atoms with Crippen molar-refractivity contribution in [3.63, 3.8) is 0 Å². The molecule has 0 spiro atoms. The molecule has 0 fully saturated rings. The van der Waals surface area contributed by atoms with Crippen LogP contribution in [0.5, 0.6) is 5.75 Å². The summed E-state index contributed by atoms with van der Waals surface area (Å²) in [6.45, 7) is 17.4. The van der Waals surface area contributed by atoms with Gasteiger partial charge in [0, 0.05) is 27.9 Å². The Morgan fingerprint density at radius 1 is 0.585 bits per heavy atom. The largest absolute Gasteiger partial charge is 0.493 e. The number of methoxy groups -OCH3 is 2. The van der Waals surface area contributed by atoms with Crippen molar-refractivity contribution in [2.75, 3.05) is 40.6 Å². The molecule has 0 aliphatic heterocycles. The van der Waals surface area contributed by atoms with Crippen LogP contribution in [0.25, 0.3) is 22.3 Å². The first-order valence-corrected chi connectivity index (χ1v) is 21.1. The highest BCUT2D eigenvalue weighted by molar-refractivity contribution is 5.94. The number of carbonyl (C=O) groups excluding carboxylic acids is 6. The van der Waals surface area contributed by atoms with Crippen LogP contribution in [0.15, 0.2) is 109 Å². The molecule has 348 valence electrons. The van der Waals surface area contributed by atoms with Gasteiger partial charge in [-0.15, -0.1) is 0 Å². The van der Waals surface area contributed by atoms with Crippen LogP contribution in [0.3, 0.4) is 0 Å². The number of esters is 6. The van der Waals surface area contributed by atoms with Gasteiger partial charge in [-0.05, 0) is 78.8 Å². The molecular formula is C51H59FO13. The highest BCUT2D eigenvalue weighted by atomic mass is 19.1.